The van der Waals surface area contributed by atoms with Crippen molar-refractivity contribution in [2.45, 2.75) is 32.0 Å². The number of aliphatic hydroxyl groups is 2. The second kappa shape index (κ2) is 1.91. The van der Waals surface area contributed by atoms with E-state index in [-0.39, 0.29) is 0 Å². The third-order valence-electron chi connectivity index (χ3n) is 7.68. The van der Waals surface area contributed by atoms with Gasteiger partial charge in [0.1, 0.15) is 0 Å². The summed E-state index contributed by atoms with van der Waals surface area (Å²) in [5, 5.41) is 21.6. The zero-order chi connectivity index (χ0) is 11.2. The Kier molecular flexibility index (Phi) is 1.07. The first kappa shape index (κ1) is 8.93. The molecule has 0 aromatic carbocycles. The Morgan fingerprint density at radius 3 is 1.44 bits per heavy atom. The molecule has 2 heteroatoms. The molecule has 88 valence electrons. The lowest BCUT2D eigenvalue weighted by Crippen LogP contribution is -2.35. The van der Waals surface area contributed by atoms with Crippen molar-refractivity contribution in [2.24, 2.45) is 53.3 Å². The van der Waals surface area contributed by atoms with E-state index >= 15 is 0 Å². The molecule has 0 radical (unpaired) electrons. The summed E-state index contributed by atoms with van der Waals surface area (Å²) in [6.07, 6.45) is 0. The Balaban J connectivity index is 1.84. The summed E-state index contributed by atoms with van der Waals surface area (Å²) in [5.74, 6) is 5.34. The molecule has 5 unspecified atom stereocenters. The Morgan fingerprint density at radius 2 is 1.06 bits per heavy atom. The fourth-order valence-electron chi connectivity index (χ4n) is 8.00. The van der Waals surface area contributed by atoms with E-state index in [4.69, 9.17) is 0 Å². The summed E-state index contributed by atoms with van der Waals surface area (Å²) in [6.45, 7) is 6.49. The molecule has 6 rings (SSSR count). The van der Waals surface area contributed by atoms with Crippen LogP contribution in [0.4, 0.5) is 0 Å². The molecule has 0 saturated heterocycles. The minimum Gasteiger partial charge on any atom is -0.390 e. The first-order valence-corrected chi connectivity index (χ1v) is 6.85. The molecule has 0 aliphatic heterocycles. The van der Waals surface area contributed by atoms with E-state index in [1.54, 1.807) is 0 Å². The van der Waals surface area contributed by atoms with Gasteiger partial charge in [0, 0.05) is 0 Å². The van der Waals surface area contributed by atoms with Crippen LogP contribution in [0.1, 0.15) is 20.8 Å². The van der Waals surface area contributed by atoms with Crippen molar-refractivity contribution in [3.63, 3.8) is 0 Å². The normalized spacial score (nSPS) is 85.7. The van der Waals surface area contributed by atoms with E-state index in [0.717, 1.165) is 17.8 Å². The lowest BCUT2D eigenvalue weighted by molar-refractivity contribution is -0.0214. The van der Waals surface area contributed by atoms with Crippen molar-refractivity contribution in [3.8, 4) is 0 Å². The monoisotopic (exact) mass is 220 g/mol. The molecule has 16 heavy (non-hydrogen) atoms. The van der Waals surface area contributed by atoms with Crippen molar-refractivity contribution >= 4 is 0 Å². The van der Waals surface area contributed by atoms with Gasteiger partial charge < -0.3 is 10.2 Å². The summed E-state index contributed by atoms with van der Waals surface area (Å²) in [6, 6.07) is 0. The van der Waals surface area contributed by atoms with Gasteiger partial charge in [0.25, 0.3) is 0 Å². The number of hydrogen-bond donors (Lipinski definition) is 2. The molecule has 6 fully saturated rings. The van der Waals surface area contributed by atoms with Crippen LogP contribution in [0, 0.1) is 53.3 Å². The average Bonchev–Trinajstić information content (AvgIpc) is 2.84. The van der Waals surface area contributed by atoms with Crippen LogP contribution in [0.15, 0.2) is 0 Å². The molecule has 2 N–H and O–H groups in total. The molecular formula is C14H20O2. The van der Waals surface area contributed by atoms with Crippen molar-refractivity contribution in [1.29, 1.82) is 0 Å². The largest absolute Gasteiger partial charge is 0.390 e. The molecule has 6 aliphatic rings. The molecule has 0 amide bonds. The van der Waals surface area contributed by atoms with Crippen molar-refractivity contribution in [2.75, 3.05) is 0 Å². The summed E-state index contributed by atoms with van der Waals surface area (Å²) in [7, 11) is 0. The fraction of sp³-hybridized carbons (Fsp3) is 1.00. The van der Waals surface area contributed by atoms with E-state index in [2.05, 4.69) is 20.8 Å². The molecule has 0 spiro atoms. The lowest BCUT2D eigenvalue weighted by atomic mass is 9.71. The van der Waals surface area contributed by atoms with Gasteiger partial charge in [-0.3, -0.25) is 0 Å². The second-order valence-corrected chi connectivity index (χ2v) is 7.72. The maximum Gasteiger partial charge on any atom is 0.0688 e. The molecule has 2 nitrogen and oxygen atoms in total. The van der Waals surface area contributed by atoms with Crippen LogP contribution in [-0.4, -0.2) is 21.4 Å². The van der Waals surface area contributed by atoms with Crippen molar-refractivity contribution in [1.82, 2.24) is 0 Å². The summed E-state index contributed by atoms with van der Waals surface area (Å²) < 4.78 is 0. The second-order valence-electron chi connectivity index (χ2n) is 7.72. The zero-order valence-corrected chi connectivity index (χ0v) is 10.1. The zero-order valence-electron chi connectivity index (χ0n) is 10.1. The quantitative estimate of drug-likeness (QED) is 0.642. The highest BCUT2D eigenvalue weighted by Gasteiger charge is 2.90. The predicted molar refractivity (Wildman–Crippen MR) is 58.3 cm³/mol. The lowest BCUT2D eigenvalue weighted by Gasteiger charge is -2.32. The standard InChI is InChI=1S/C14H20O2/c1-4-5-8-10-6(4)7-9(5)13(2,15)11(8)12(7)14(10,3)16/h4-12,15-16H,1-3H3/t4?,5-,6?,7?,8-,9?,10+,11-,12?,13+,14-/m1/s1. The summed E-state index contributed by atoms with van der Waals surface area (Å²) in [4.78, 5) is 0. The maximum atomic E-state index is 10.8. The van der Waals surface area contributed by atoms with Crippen LogP contribution < -0.4 is 0 Å². The highest BCUT2D eigenvalue weighted by Crippen LogP contribution is 2.88. The van der Waals surface area contributed by atoms with E-state index in [0.29, 0.717) is 35.5 Å². The molecule has 6 saturated carbocycles. The molecule has 11 atom stereocenters. The minimum atomic E-state index is -0.469. The Morgan fingerprint density at radius 1 is 0.688 bits per heavy atom. The van der Waals surface area contributed by atoms with E-state index in [1.165, 1.54) is 0 Å². The van der Waals surface area contributed by atoms with Gasteiger partial charge in [-0.1, -0.05) is 6.92 Å². The van der Waals surface area contributed by atoms with Crippen LogP contribution in [0.5, 0.6) is 0 Å². The highest BCUT2D eigenvalue weighted by molar-refractivity contribution is 5.37. The van der Waals surface area contributed by atoms with Crippen LogP contribution in [-0.2, 0) is 0 Å². The number of rotatable bonds is 0. The van der Waals surface area contributed by atoms with Crippen LogP contribution in [0.3, 0.4) is 0 Å². The van der Waals surface area contributed by atoms with Gasteiger partial charge in [-0.2, -0.15) is 0 Å². The number of hydrogen-bond acceptors (Lipinski definition) is 2. The topological polar surface area (TPSA) is 40.5 Å². The van der Waals surface area contributed by atoms with Gasteiger partial charge in [0.2, 0.25) is 0 Å². The van der Waals surface area contributed by atoms with Gasteiger partial charge in [0.05, 0.1) is 11.2 Å². The van der Waals surface area contributed by atoms with Crippen LogP contribution in [0.2, 0.25) is 0 Å². The maximum absolute atomic E-state index is 10.8. The van der Waals surface area contributed by atoms with Gasteiger partial charge >= 0.3 is 0 Å². The van der Waals surface area contributed by atoms with Gasteiger partial charge in [-0.25, -0.2) is 0 Å². The summed E-state index contributed by atoms with van der Waals surface area (Å²) >= 11 is 0. The fourth-order valence-corrected chi connectivity index (χ4v) is 8.00. The summed E-state index contributed by atoms with van der Waals surface area (Å²) in [5.41, 5.74) is -0.939. The first-order chi connectivity index (χ1) is 7.40. The van der Waals surface area contributed by atoms with Crippen molar-refractivity contribution < 1.29 is 10.2 Å². The van der Waals surface area contributed by atoms with Gasteiger partial charge in [-0.05, 0) is 67.1 Å². The predicted octanol–water partition coefficient (Wildman–Crippen LogP) is 1.12. The Labute approximate surface area is 96.0 Å². The third-order valence-corrected chi connectivity index (χ3v) is 7.68. The van der Waals surface area contributed by atoms with E-state index < -0.39 is 11.2 Å². The molecule has 6 bridgehead atoms. The third kappa shape index (κ3) is 0.504. The first-order valence-electron chi connectivity index (χ1n) is 6.85. The molecule has 0 aromatic rings. The molecule has 6 aliphatic carbocycles. The highest BCUT2D eigenvalue weighted by atomic mass is 16.3. The van der Waals surface area contributed by atoms with E-state index in [9.17, 15) is 10.2 Å². The minimum absolute atomic E-state index is 0.411. The van der Waals surface area contributed by atoms with E-state index in [1.807, 2.05) is 0 Å². The van der Waals surface area contributed by atoms with Gasteiger partial charge in [-0.15, -0.1) is 0 Å². The van der Waals surface area contributed by atoms with Gasteiger partial charge in [0.15, 0.2) is 0 Å². The molecular weight excluding hydrogens is 200 g/mol. The van der Waals surface area contributed by atoms with Crippen LogP contribution >= 0.6 is 0 Å². The smallest absolute Gasteiger partial charge is 0.0688 e. The van der Waals surface area contributed by atoms with Crippen LogP contribution in [0.25, 0.3) is 0 Å². The Hall–Kier alpha value is -0.0800. The average molecular weight is 220 g/mol. The molecule has 0 aromatic heterocycles. The van der Waals surface area contributed by atoms with Crippen molar-refractivity contribution in [3.05, 3.63) is 0 Å². The SMILES string of the molecule is CC1C2C3C4[C@H]1[C@H]1[C@H](C3[C@](C)(O)[C@@H]21)[C@@]4(C)O. The molecule has 0 heterocycles. The Bertz CT molecular complexity index is 375.